The lowest BCUT2D eigenvalue weighted by Gasteiger charge is -2.34. The van der Waals surface area contributed by atoms with Crippen LogP contribution in [0.5, 0.6) is 0 Å². The minimum absolute atomic E-state index is 0.000667. The van der Waals surface area contributed by atoms with Crippen LogP contribution in [-0.4, -0.2) is 52.3 Å². The van der Waals surface area contributed by atoms with Gasteiger partial charge in [-0.15, -0.1) is 0 Å². The number of thioether (sulfide) groups is 1. The number of carbonyl (C=O) groups is 2. The summed E-state index contributed by atoms with van der Waals surface area (Å²) >= 11 is 1.88. The summed E-state index contributed by atoms with van der Waals surface area (Å²) in [6.07, 6.45) is 0.654. The lowest BCUT2D eigenvalue weighted by molar-refractivity contribution is -0.144. The zero-order valence-corrected chi connectivity index (χ0v) is 13.7. The molecule has 2 heterocycles. The van der Waals surface area contributed by atoms with Gasteiger partial charge in [0, 0.05) is 37.2 Å². The van der Waals surface area contributed by atoms with Gasteiger partial charge in [0.25, 0.3) is 0 Å². The molecule has 2 aliphatic rings. The van der Waals surface area contributed by atoms with E-state index in [1.807, 2.05) is 51.9 Å². The van der Waals surface area contributed by atoms with E-state index in [4.69, 9.17) is 0 Å². The number of hydrogen-bond donors (Lipinski definition) is 0. The van der Waals surface area contributed by atoms with Crippen LogP contribution in [-0.2, 0) is 16.1 Å². The summed E-state index contributed by atoms with van der Waals surface area (Å²) in [5.41, 5.74) is 1.12. The van der Waals surface area contributed by atoms with Crippen molar-refractivity contribution in [3.05, 3.63) is 35.9 Å². The quantitative estimate of drug-likeness (QED) is 0.801. The van der Waals surface area contributed by atoms with E-state index in [9.17, 15) is 9.59 Å². The van der Waals surface area contributed by atoms with Crippen LogP contribution in [0.2, 0.25) is 0 Å². The predicted molar refractivity (Wildman–Crippen MR) is 88.5 cm³/mol. The highest BCUT2D eigenvalue weighted by atomic mass is 32.2. The first-order chi connectivity index (χ1) is 10.7. The standard InChI is InChI=1S/C17H22N2O2S/c1-13-12-22-10-9-19(13)17(21)15-7-8-18(16(15)20)11-14-5-3-2-4-6-14/h2-6,13,15H,7-12H2,1H3. The number of carbonyl (C=O) groups excluding carboxylic acids is 2. The third-order valence-corrected chi connectivity index (χ3v) is 5.65. The van der Waals surface area contributed by atoms with Gasteiger partial charge in [-0.05, 0) is 18.9 Å². The van der Waals surface area contributed by atoms with E-state index in [0.29, 0.717) is 19.5 Å². The van der Waals surface area contributed by atoms with Crippen molar-refractivity contribution in [1.82, 2.24) is 9.80 Å². The molecule has 2 saturated heterocycles. The summed E-state index contributed by atoms with van der Waals surface area (Å²) in [7, 11) is 0. The Morgan fingerprint density at radius 3 is 2.77 bits per heavy atom. The van der Waals surface area contributed by atoms with Crippen molar-refractivity contribution >= 4 is 23.6 Å². The van der Waals surface area contributed by atoms with E-state index in [1.165, 1.54) is 0 Å². The van der Waals surface area contributed by atoms with E-state index in [2.05, 4.69) is 6.92 Å². The topological polar surface area (TPSA) is 40.6 Å². The Morgan fingerprint density at radius 1 is 1.27 bits per heavy atom. The molecule has 118 valence electrons. The third kappa shape index (κ3) is 3.14. The first kappa shape index (κ1) is 15.4. The van der Waals surface area contributed by atoms with Crippen molar-refractivity contribution in [2.24, 2.45) is 5.92 Å². The summed E-state index contributed by atoms with van der Waals surface area (Å²) < 4.78 is 0. The summed E-state index contributed by atoms with van der Waals surface area (Å²) in [4.78, 5) is 29.0. The van der Waals surface area contributed by atoms with Crippen molar-refractivity contribution in [2.75, 3.05) is 24.6 Å². The highest BCUT2D eigenvalue weighted by molar-refractivity contribution is 7.99. The molecular formula is C17H22N2O2S. The molecule has 0 aliphatic carbocycles. The number of benzene rings is 1. The van der Waals surface area contributed by atoms with Gasteiger partial charge in [0.1, 0.15) is 5.92 Å². The van der Waals surface area contributed by atoms with Crippen LogP contribution >= 0.6 is 11.8 Å². The van der Waals surface area contributed by atoms with Crippen LogP contribution in [0, 0.1) is 5.92 Å². The smallest absolute Gasteiger partial charge is 0.235 e. The maximum atomic E-state index is 12.7. The van der Waals surface area contributed by atoms with Gasteiger partial charge in [0.15, 0.2) is 0 Å². The molecule has 0 saturated carbocycles. The van der Waals surface area contributed by atoms with Gasteiger partial charge in [-0.25, -0.2) is 0 Å². The number of nitrogens with zero attached hydrogens (tertiary/aromatic N) is 2. The molecule has 3 rings (SSSR count). The summed E-state index contributed by atoms with van der Waals surface area (Å²) in [6.45, 7) is 4.13. The summed E-state index contributed by atoms with van der Waals surface area (Å²) in [5.74, 6) is 1.52. The van der Waals surface area contributed by atoms with Gasteiger partial charge in [0.05, 0.1) is 0 Å². The van der Waals surface area contributed by atoms with Crippen LogP contribution in [0.4, 0.5) is 0 Å². The molecule has 1 aromatic carbocycles. The number of likely N-dealkylation sites (tertiary alicyclic amines) is 1. The average Bonchev–Trinajstić information content (AvgIpc) is 2.89. The Hall–Kier alpha value is -1.49. The molecule has 22 heavy (non-hydrogen) atoms. The fraction of sp³-hybridized carbons (Fsp3) is 0.529. The van der Waals surface area contributed by atoms with Crippen molar-refractivity contribution in [1.29, 1.82) is 0 Å². The van der Waals surface area contributed by atoms with Gasteiger partial charge >= 0.3 is 0 Å². The molecule has 2 aliphatic heterocycles. The third-order valence-electron chi connectivity index (χ3n) is 4.46. The van der Waals surface area contributed by atoms with Crippen molar-refractivity contribution in [2.45, 2.75) is 25.9 Å². The highest BCUT2D eigenvalue weighted by Gasteiger charge is 2.40. The zero-order valence-electron chi connectivity index (χ0n) is 12.9. The van der Waals surface area contributed by atoms with Gasteiger partial charge in [-0.2, -0.15) is 11.8 Å². The molecule has 2 atom stereocenters. The molecule has 2 unspecified atom stereocenters. The Balaban J connectivity index is 1.64. The van der Waals surface area contributed by atoms with E-state index in [-0.39, 0.29) is 17.9 Å². The van der Waals surface area contributed by atoms with Crippen LogP contribution in [0.25, 0.3) is 0 Å². The number of rotatable bonds is 3. The molecule has 0 spiro atoms. The van der Waals surface area contributed by atoms with E-state index in [1.54, 1.807) is 0 Å². The molecule has 1 aromatic rings. The molecule has 0 radical (unpaired) electrons. The minimum atomic E-state index is -0.464. The molecule has 2 fully saturated rings. The Labute approximate surface area is 135 Å². The second-order valence-electron chi connectivity index (χ2n) is 6.04. The Bertz CT molecular complexity index is 549. The van der Waals surface area contributed by atoms with E-state index >= 15 is 0 Å². The monoisotopic (exact) mass is 318 g/mol. The van der Waals surface area contributed by atoms with Crippen LogP contribution < -0.4 is 0 Å². The number of amides is 2. The highest BCUT2D eigenvalue weighted by Crippen LogP contribution is 2.25. The lowest BCUT2D eigenvalue weighted by Crippen LogP contribution is -2.48. The molecule has 0 bridgehead atoms. The normalized spacial score (nSPS) is 25.6. The first-order valence-electron chi connectivity index (χ1n) is 7.88. The molecular weight excluding hydrogens is 296 g/mol. The Kier molecular flexibility index (Phi) is 4.71. The van der Waals surface area contributed by atoms with Crippen molar-refractivity contribution in [3.8, 4) is 0 Å². The van der Waals surface area contributed by atoms with Crippen LogP contribution in [0.1, 0.15) is 18.9 Å². The maximum Gasteiger partial charge on any atom is 0.235 e. The van der Waals surface area contributed by atoms with Gasteiger partial charge in [0.2, 0.25) is 11.8 Å². The molecule has 0 aromatic heterocycles. The molecule has 0 N–H and O–H groups in total. The first-order valence-corrected chi connectivity index (χ1v) is 9.03. The summed E-state index contributed by atoms with van der Waals surface area (Å²) in [6, 6.07) is 10.2. The average molecular weight is 318 g/mol. The number of hydrogen-bond acceptors (Lipinski definition) is 3. The van der Waals surface area contributed by atoms with Crippen LogP contribution in [0.15, 0.2) is 30.3 Å². The minimum Gasteiger partial charge on any atom is -0.338 e. The fourth-order valence-corrected chi connectivity index (χ4v) is 4.20. The largest absolute Gasteiger partial charge is 0.338 e. The summed E-state index contributed by atoms with van der Waals surface area (Å²) in [5, 5.41) is 0. The van der Waals surface area contributed by atoms with Gasteiger partial charge < -0.3 is 9.80 Å². The van der Waals surface area contributed by atoms with E-state index < -0.39 is 5.92 Å². The second kappa shape index (κ2) is 6.73. The Morgan fingerprint density at radius 2 is 2.05 bits per heavy atom. The van der Waals surface area contributed by atoms with Crippen LogP contribution in [0.3, 0.4) is 0 Å². The van der Waals surface area contributed by atoms with Crippen molar-refractivity contribution in [3.63, 3.8) is 0 Å². The van der Waals surface area contributed by atoms with Crippen molar-refractivity contribution < 1.29 is 9.59 Å². The van der Waals surface area contributed by atoms with E-state index in [0.717, 1.165) is 23.6 Å². The predicted octanol–water partition coefficient (Wildman–Crippen LogP) is 2.00. The van der Waals surface area contributed by atoms with Gasteiger partial charge in [-0.1, -0.05) is 30.3 Å². The maximum absolute atomic E-state index is 12.7. The molecule has 2 amide bonds. The lowest BCUT2D eigenvalue weighted by atomic mass is 10.1. The molecule has 4 nitrogen and oxygen atoms in total. The molecule has 5 heteroatoms. The SMILES string of the molecule is CC1CSCCN1C(=O)C1CCN(Cc2ccccc2)C1=O. The fourth-order valence-electron chi connectivity index (χ4n) is 3.18. The second-order valence-corrected chi connectivity index (χ2v) is 7.19. The van der Waals surface area contributed by atoms with Gasteiger partial charge in [-0.3, -0.25) is 9.59 Å². The zero-order chi connectivity index (χ0) is 15.5.